The summed E-state index contributed by atoms with van der Waals surface area (Å²) in [6.07, 6.45) is 3.82. The first-order valence-electron chi connectivity index (χ1n) is 6.64. The predicted molar refractivity (Wildman–Crippen MR) is 73.9 cm³/mol. The molecule has 19 heavy (non-hydrogen) atoms. The van der Waals surface area contributed by atoms with Crippen molar-refractivity contribution in [1.29, 1.82) is 0 Å². The molecular weight excluding hydrogens is 240 g/mol. The molecule has 0 aliphatic heterocycles. The van der Waals surface area contributed by atoms with E-state index in [1.165, 1.54) is 22.4 Å². The van der Waals surface area contributed by atoms with Crippen LogP contribution in [-0.4, -0.2) is 37.4 Å². The average Bonchev–Trinajstić information content (AvgIpc) is 2.83. The van der Waals surface area contributed by atoms with Crippen molar-refractivity contribution in [3.05, 3.63) is 34.9 Å². The lowest BCUT2D eigenvalue weighted by molar-refractivity contribution is -0.130. The van der Waals surface area contributed by atoms with E-state index < -0.39 is 0 Å². The maximum absolute atomic E-state index is 11.8. The Hall–Kier alpha value is -1.84. The molecular formula is C15H20N2O2. The Bertz CT molecular complexity index is 495. The first-order valence-corrected chi connectivity index (χ1v) is 6.64. The second kappa shape index (κ2) is 5.87. The first kappa shape index (κ1) is 13.6. The highest BCUT2D eigenvalue weighted by Gasteiger charge is 2.12. The molecule has 0 saturated heterocycles. The minimum atomic E-state index is -0.104. The molecule has 4 heteroatoms. The minimum Gasteiger partial charge on any atom is -0.347 e. The summed E-state index contributed by atoms with van der Waals surface area (Å²) in [5, 5.41) is 2.65. The summed E-state index contributed by atoms with van der Waals surface area (Å²) < 4.78 is 0. The quantitative estimate of drug-likeness (QED) is 0.875. The van der Waals surface area contributed by atoms with Gasteiger partial charge in [0.1, 0.15) is 0 Å². The van der Waals surface area contributed by atoms with Crippen LogP contribution in [0.25, 0.3) is 0 Å². The predicted octanol–water partition coefficient (Wildman–Crippen LogP) is 0.922. The molecule has 0 spiro atoms. The van der Waals surface area contributed by atoms with Crippen molar-refractivity contribution >= 4 is 11.8 Å². The molecule has 0 aromatic heterocycles. The van der Waals surface area contributed by atoms with Gasteiger partial charge < -0.3 is 10.2 Å². The third-order valence-corrected chi connectivity index (χ3v) is 3.46. The number of aryl methyl sites for hydroxylation is 2. The topological polar surface area (TPSA) is 49.4 Å². The highest BCUT2D eigenvalue weighted by molar-refractivity contribution is 5.85. The van der Waals surface area contributed by atoms with Crippen LogP contribution in [-0.2, 0) is 28.9 Å². The molecule has 0 atom stereocenters. The number of amides is 2. The SMILES string of the molecule is CN(C)C(=O)CNC(=O)Cc1ccc2c(c1)CCC2. The summed E-state index contributed by atoms with van der Waals surface area (Å²) in [7, 11) is 3.35. The van der Waals surface area contributed by atoms with Crippen LogP contribution in [0.2, 0.25) is 0 Å². The van der Waals surface area contributed by atoms with Crippen molar-refractivity contribution in [3.8, 4) is 0 Å². The van der Waals surface area contributed by atoms with E-state index in [2.05, 4.69) is 17.4 Å². The molecule has 0 unspecified atom stereocenters. The molecule has 1 aliphatic rings. The van der Waals surface area contributed by atoms with E-state index in [-0.39, 0.29) is 18.4 Å². The molecule has 1 aliphatic carbocycles. The molecule has 102 valence electrons. The highest BCUT2D eigenvalue weighted by Crippen LogP contribution is 2.22. The van der Waals surface area contributed by atoms with Crippen molar-refractivity contribution < 1.29 is 9.59 Å². The van der Waals surface area contributed by atoms with Gasteiger partial charge in [-0.2, -0.15) is 0 Å². The van der Waals surface area contributed by atoms with Crippen LogP contribution in [0.1, 0.15) is 23.1 Å². The third kappa shape index (κ3) is 3.56. The lowest BCUT2D eigenvalue weighted by Gasteiger charge is -2.11. The zero-order valence-corrected chi connectivity index (χ0v) is 11.5. The first-order chi connectivity index (χ1) is 9.06. The molecule has 0 radical (unpaired) electrons. The summed E-state index contributed by atoms with van der Waals surface area (Å²) in [5.74, 6) is -0.199. The second-order valence-corrected chi connectivity index (χ2v) is 5.20. The van der Waals surface area contributed by atoms with E-state index >= 15 is 0 Å². The molecule has 4 nitrogen and oxygen atoms in total. The van der Waals surface area contributed by atoms with Crippen molar-refractivity contribution in [3.63, 3.8) is 0 Å². The zero-order valence-electron chi connectivity index (χ0n) is 11.5. The Labute approximate surface area is 113 Å². The maximum atomic E-state index is 11.8. The summed E-state index contributed by atoms with van der Waals surface area (Å²) in [6, 6.07) is 6.25. The van der Waals surface area contributed by atoms with E-state index in [0.717, 1.165) is 18.4 Å². The fraction of sp³-hybridized carbons (Fsp3) is 0.467. The van der Waals surface area contributed by atoms with Crippen LogP contribution in [0.15, 0.2) is 18.2 Å². The molecule has 0 saturated carbocycles. The number of likely N-dealkylation sites (N-methyl/N-ethyl adjacent to an activating group) is 1. The summed E-state index contributed by atoms with van der Waals surface area (Å²) in [4.78, 5) is 24.6. The normalized spacial score (nSPS) is 12.9. The lowest BCUT2D eigenvalue weighted by Crippen LogP contribution is -2.36. The number of rotatable bonds is 4. The van der Waals surface area contributed by atoms with Crippen LogP contribution in [0.3, 0.4) is 0 Å². The maximum Gasteiger partial charge on any atom is 0.241 e. The number of hydrogen-bond acceptors (Lipinski definition) is 2. The Kier molecular flexibility index (Phi) is 4.20. The van der Waals surface area contributed by atoms with Crippen LogP contribution in [0, 0.1) is 0 Å². The van der Waals surface area contributed by atoms with E-state index in [1.54, 1.807) is 14.1 Å². The summed E-state index contributed by atoms with van der Waals surface area (Å²) in [5.41, 5.74) is 3.80. The Balaban J connectivity index is 1.87. The fourth-order valence-electron chi connectivity index (χ4n) is 2.32. The number of fused-ring (bicyclic) bond motifs is 1. The lowest BCUT2D eigenvalue weighted by atomic mass is 10.0. The van der Waals surface area contributed by atoms with E-state index in [1.807, 2.05) is 6.07 Å². The number of hydrogen-bond donors (Lipinski definition) is 1. The summed E-state index contributed by atoms with van der Waals surface area (Å²) >= 11 is 0. The van der Waals surface area contributed by atoms with Crippen molar-refractivity contribution in [2.45, 2.75) is 25.7 Å². The Morgan fingerprint density at radius 3 is 2.68 bits per heavy atom. The standard InChI is InChI=1S/C15H20N2O2/c1-17(2)15(19)10-16-14(18)9-11-6-7-12-4-3-5-13(12)8-11/h6-8H,3-5,9-10H2,1-2H3,(H,16,18). The van der Waals surface area contributed by atoms with Gasteiger partial charge in [-0.15, -0.1) is 0 Å². The summed E-state index contributed by atoms with van der Waals surface area (Å²) in [6.45, 7) is 0.0662. The zero-order chi connectivity index (χ0) is 13.8. The molecule has 2 amide bonds. The number of benzene rings is 1. The van der Waals surface area contributed by atoms with Crippen molar-refractivity contribution in [2.75, 3.05) is 20.6 Å². The van der Waals surface area contributed by atoms with Gasteiger partial charge in [0.25, 0.3) is 0 Å². The van der Waals surface area contributed by atoms with Crippen LogP contribution in [0.4, 0.5) is 0 Å². The van der Waals surface area contributed by atoms with Gasteiger partial charge in [-0.1, -0.05) is 18.2 Å². The van der Waals surface area contributed by atoms with Gasteiger partial charge in [0.15, 0.2) is 0 Å². The molecule has 1 N–H and O–H groups in total. The van der Waals surface area contributed by atoms with E-state index in [0.29, 0.717) is 6.42 Å². The van der Waals surface area contributed by atoms with Gasteiger partial charge >= 0.3 is 0 Å². The number of carbonyl (C=O) groups is 2. The largest absolute Gasteiger partial charge is 0.347 e. The number of carbonyl (C=O) groups excluding carboxylic acids is 2. The molecule has 0 fully saturated rings. The van der Waals surface area contributed by atoms with Crippen molar-refractivity contribution in [2.24, 2.45) is 0 Å². The molecule has 0 bridgehead atoms. The smallest absolute Gasteiger partial charge is 0.241 e. The fourth-order valence-corrected chi connectivity index (χ4v) is 2.32. The van der Waals surface area contributed by atoms with E-state index in [4.69, 9.17) is 0 Å². The number of nitrogens with one attached hydrogen (secondary N) is 1. The van der Waals surface area contributed by atoms with Crippen molar-refractivity contribution in [1.82, 2.24) is 10.2 Å². The minimum absolute atomic E-state index is 0.0662. The van der Waals surface area contributed by atoms with Crippen LogP contribution < -0.4 is 5.32 Å². The van der Waals surface area contributed by atoms with Gasteiger partial charge in [-0.25, -0.2) is 0 Å². The van der Waals surface area contributed by atoms with Gasteiger partial charge in [0, 0.05) is 14.1 Å². The average molecular weight is 260 g/mol. The highest BCUT2D eigenvalue weighted by atomic mass is 16.2. The molecule has 0 heterocycles. The third-order valence-electron chi connectivity index (χ3n) is 3.46. The van der Waals surface area contributed by atoms with E-state index in [9.17, 15) is 9.59 Å². The Morgan fingerprint density at radius 2 is 1.95 bits per heavy atom. The monoisotopic (exact) mass is 260 g/mol. The molecule has 1 aromatic rings. The van der Waals surface area contributed by atoms with Crippen LogP contribution in [0.5, 0.6) is 0 Å². The second-order valence-electron chi connectivity index (χ2n) is 5.20. The molecule has 2 rings (SSSR count). The van der Waals surface area contributed by atoms with Crippen LogP contribution >= 0.6 is 0 Å². The van der Waals surface area contributed by atoms with Gasteiger partial charge in [0.2, 0.25) is 11.8 Å². The van der Waals surface area contributed by atoms with Gasteiger partial charge in [-0.05, 0) is 36.0 Å². The number of nitrogens with zero attached hydrogens (tertiary/aromatic N) is 1. The molecule has 1 aromatic carbocycles. The Morgan fingerprint density at radius 1 is 1.21 bits per heavy atom. The van der Waals surface area contributed by atoms with Gasteiger partial charge in [-0.3, -0.25) is 9.59 Å². The van der Waals surface area contributed by atoms with Gasteiger partial charge in [0.05, 0.1) is 13.0 Å².